The second-order valence-electron chi connectivity index (χ2n) is 17.6. The lowest BCUT2D eigenvalue weighted by atomic mass is 10.2. The molecule has 17 nitrogen and oxygen atoms in total. The summed E-state index contributed by atoms with van der Waals surface area (Å²) in [5.74, 6) is 2.28. The third-order valence-corrected chi connectivity index (χ3v) is 14.2. The number of rotatable bonds is 15. The van der Waals surface area contributed by atoms with E-state index in [0.717, 1.165) is 57.6 Å². The second-order valence-corrected chi connectivity index (χ2v) is 20.9. The quantitative estimate of drug-likeness (QED) is 0.0432. The van der Waals surface area contributed by atoms with Crippen LogP contribution in [-0.4, -0.2) is 63.4 Å². The molecular weight excluding hydrogens is 1190 g/mol. The van der Waals surface area contributed by atoms with Gasteiger partial charge >= 0.3 is 0 Å². The van der Waals surface area contributed by atoms with E-state index >= 15 is 0 Å². The van der Waals surface area contributed by atoms with Crippen LogP contribution >= 0.6 is 54.5 Å². The van der Waals surface area contributed by atoms with E-state index in [4.69, 9.17) is 36.8 Å². The number of halogens is 2. The van der Waals surface area contributed by atoms with Crippen molar-refractivity contribution in [2.75, 3.05) is 11.9 Å². The molecule has 0 amide bonds. The lowest BCUT2D eigenvalue weighted by Gasteiger charge is -2.04. The fourth-order valence-corrected chi connectivity index (χ4v) is 8.68. The van der Waals surface area contributed by atoms with Crippen molar-refractivity contribution in [2.24, 2.45) is 17.6 Å². The highest BCUT2D eigenvalue weighted by atomic mass is 79.9. The molecule has 0 bridgehead atoms. The summed E-state index contributed by atoms with van der Waals surface area (Å²) in [5.41, 5.74) is 14.4. The third kappa shape index (κ3) is 23.0. The molecule has 2 fully saturated rings. The Morgan fingerprint density at radius 2 is 1.01 bits per heavy atom. The molecule has 2 aliphatic rings. The van der Waals surface area contributed by atoms with Crippen molar-refractivity contribution in [1.82, 2.24) is 39.9 Å². The molecule has 81 heavy (non-hydrogen) atoms. The molecule has 2 aliphatic carbocycles. The van der Waals surface area contributed by atoms with Gasteiger partial charge in [-0.2, -0.15) is 26.3 Å². The molecule has 2 N–H and O–H groups in total. The Morgan fingerprint density at radius 3 is 1.36 bits per heavy atom. The van der Waals surface area contributed by atoms with Gasteiger partial charge in [-0.1, -0.05) is 54.3 Å². The predicted octanol–water partition coefficient (Wildman–Crippen LogP) is 12.8. The summed E-state index contributed by atoms with van der Waals surface area (Å²) < 4.78 is 5.91. The third-order valence-electron chi connectivity index (χ3n) is 11.4. The number of hydrogen-bond acceptors (Lipinski definition) is 19. The molecule has 8 aromatic rings. The van der Waals surface area contributed by atoms with Crippen LogP contribution in [0.2, 0.25) is 0 Å². The maximum absolute atomic E-state index is 11.0. The first-order valence-electron chi connectivity index (χ1n) is 25.2. The number of pyridine rings is 6. The van der Waals surface area contributed by atoms with Gasteiger partial charge in [0.25, 0.3) is 0 Å². The molecule has 21 heteroatoms. The van der Waals surface area contributed by atoms with Gasteiger partial charge in [0.1, 0.15) is 57.8 Å². The molecule has 0 saturated heterocycles. The van der Waals surface area contributed by atoms with Crippen molar-refractivity contribution in [3.8, 4) is 53.1 Å². The van der Waals surface area contributed by atoms with Crippen LogP contribution in [0.1, 0.15) is 122 Å². The van der Waals surface area contributed by atoms with Crippen LogP contribution in [0.15, 0.2) is 132 Å². The molecule has 0 unspecified atom stereocenters. The first kappa shape index (κ1) is 63.2. The van der Waals surface area contributed by atoms with Crippen LogP contribution in [0.3, 0.4) is 0 Å². The number of alkyl halides is 1. The minimum absolute atomic E-state index is 0.0838. The van der Waals surface area contributed by atoms with Gasteiger partial charge in [-0.15, -0.1) is 22.7 Å². The van der Waals surface area contributed by atoms with E-state index in [9.17, 15) is 9.59 Å². The standard InChI is InChI=1S/C14H17N3S.C14H13N3S.C10H10N2O.C8H5BrN2O.C8H6N2O.C6H3BrN2/c2*15-7-11-3-5-12(16-8-11)13-9-18-14(17-13)6-4-10-1-2-10;1-3-13-8(2)10-5-4-9(6-11)7-12-10;9-3-8(12)7-2-1-6(4-10)5-11-7;1-6(11)8-3-2-7(4-9)5-10-8;7-6-2-1-5(3-8)4-9-6/h3,5,8-10H,1-2,4,6-7,15H2;3,5,8-10H,1-2,4,6H2;4-5,7H,2-3H2,1H3;1-2,5H,3H2;2-3,5H,1H3;1-2,4H. The van der Waals surface area contributed by atoms with Crippen LogP contribution < -0.4 is 5.73 Å². The Bertz CT molecular complexity index is 3500. The number of carbonyl (C=O) groups excluding carboxylic acids is 2. The van der Waals surface area contributed by atoms with E-state index < -0.39 is 0 Å². The number of carbonyl (C=O) groups is 2. The van der Waals surface area contributed by atoms with Crippen molar-refractivity contribution < 1.29 is 14.3 Å². The van der Waals surface area contributed by atoms with Crippen LogP contribution in [-0.2, 0) is 24.1 Å². The number of ether oxygens (including phenoxy) is 1. The largest absolute Gasteiger partial charge is 0.492 e. The maximum atomic E-state index is 11.0. The number of nitrogens with two attached hydrogens (primary N) is 1. The normalized spacial score (nSPS) is 11.4. The first-order chi connectivity index (χ1) is 39.3. The van der Waals surface area contributed by atoms with E-state index in [1.165, 1.54) is 80.3 Å². The number of nitrogens with zero attached hydrogens (tertiary/aromatic N) is 13. The van der Waals surface area contributed by atoms with Gasteiger partial charge < -0.3 is 10.5 Å². The van der Waals surface area contributed by atoms with Gasteiger partial charge in [0.15, 0.2) is 11.6 Å². The van der Waals surface area contributed by atoms with E-state index in [-0.39, 0.29) is 16.9 Å². The molecule has 0 aromatic carbocycles. The number of Topliss-reactive ketones (excluding diaryl/α,β-unsaturated/α-hetero) is 2. The molecule has 10 rings (SSSR count). The highest BCUT2D eigenvalue weighted by Gasteiger charge is 2.22. The Hall–Kier alpha value is -8.59. The minimum atomic E-state index is -0.0884. The lowest BCUT2D eigenvalue weighted by Crippen LogP contribution is -2.02. The Labute approximate surface area is 495 Å². The number of hydrogen-bond donors (Lipinski definition) is 1. The van der Waals surface area contributed by atoms with E-state index in [1.54, 1.807) is 83.5 Å². The summed E-state index contributed by atoms with van der Waals surface area (Å²) >= 11 is 9.64. The number of nitriles is 5. The van der Waals surface area contributed by atoms with Crippen molar-refractivity contribution in [1.29, 1.82) is 26.3 Å². The van der Waals surface area contributed by atoms with Gasteiger partial charge in [-0.25, -0.2) is 15.0 Å². The Balaban J connectivity index is 0.000000182. The van der Waals surface area contributed by atoms with Crippen molar-refractivity contribution in [3.63, 3.8) is 0 Å². The van der Waals surface area contributed by atoms with Crippen molar-refractivity contribution in [2.45, 2.75) is 71.8 Å². The van der Waals surface area contributed by atoms with Crippen molar-refractivity contribution in [3.05, 3.63) is 192 Å². The van der Waals surface area contributed by atoms with Crippen LogP contribution in [0.25, 0.3) is 28.5 Å². The van der Waals surface area contributed by atoms with Crippen LogP contribution in [0.4, 0.5) is 0 Å². The first-order valence-corrected chi connectivity index (χ1v) is 28.9. The maximum Gasteiger partial charge on any atom is 0.191 e. The summed E-state index contributed by atoms with van der Waals surface area (Å²) in [6.45, 7) is 8.13. The van der Waals surface area contributed by atoms with Gasteiger partial charge in [-0.3, -0.25) is 34.5 Å². The summed E-state index contributed by atoms with van der Waals surface area (Å²) in [6, 6.07) is 30.6. The summed E-state index contributed by atoms with van der Waals surface area (Å²) in [5, 5.41) is 49.3. The molecule has 0 spiro atoms. The number of aromatic nitrogens is 8. The average molecular weight is 1240 g/mol. The fourth-order valence-electron chi connectivity index (χ4n) is 6.54. The van der Waals surface area contributed by atoms with Gasteiger partial charge in [-0.05, 0) is 133 Å². The summed E-state index contributed by atoms with van der Waals surface area (Å²) in [6.07, 6.45) is 19.6. The molecule has 2 saturated carbocycles. The van der Waals surface area contributed by atoms with Crippen LogP contribution in [0, 0.1) is 68.5 Å². The highest BCUT2D eigenvalue weighted by molar-refractivity contribution is 9.10. The number of ketones is 2. The minimum Gasteiger partial charge on any atom is -0.492 e. The van der Waals surface area contributed by atoms with E-state index in [2.05, 4.69) is 95.1 Å². The van der Waals surface area contributed by atoms with E-state index in [0.29, 0.717) is 63.8 Å². The van der Waals surface area contributed by atoms with Crippen molar-refractivity contribution >= 4 is 71.9 Å². The van der Waals surface area contributed by atoms with Crippen LogP contribution in [0.5, 0.6) is 0 Å². The molecule has 0 aliphatic heterocycles. The zero-order valence-electron chi connectivity index (χ0n) is 44.4. The second kappa shape index (κ2) is 34.4. The van der Waals surface area contributed by atoms with Gasteiger partial charge in [0.2, 0.25) is 0 Å². The predicted molar refractivity (Wildman–Crippen MR) is 318 cm³/mol. The zero-order valence-corrected chi connectivity index (χ0v) is 49.2. The number of thiazole rings is 2. The zero-order chi connectivity index (χ0) is 58.4. The highest BCUT2D eigenvalue weighted by Crippen LogP contribution is 2.35. The Morgan fingerprint density at radius 1 is 0.593 bits per heavy atom. The topological polar surface area (TPSA) is 291 Å². The molecule has 8 aromatic heterocycles. The van der Waals surface area contributed by atoms with Gasteiger partial charge in [0.05, 0.1) is 72.5 Å². The van der Waals surface area contributed by atoms with E-state index in [1.807, 2.05) is 55.6 Å². The SMILES string of the molecule is C=C(OCC)c1ccc(C#N)cn1.CC(=O)c1ccc(C#N)cn1.N#Cc1ccc(-c2csc(CCC3CC3)n2)nc1.N#Cc1ccc(Br)nc1.N#Cc1ccc(C(=O)CBr)nc1.NCc1ccc(-c2csc(CCC3CC3)n2)nc1. The monoisotopic (exact) mass is 1240 g/mol. The molecule has 408 valence electrons. The number of aryl methyl sites for hydroxylation is 2. The smallest absolute Gasteiger partial charge is 0.191 e. The van der Waals surface area contributed by atoms with Gasteiger partial charge in [0, 0.05) is 61.4 Å². The molecule has 8 heterocycles. The summed E-state index contributed by atoms with van der Waals surface area (Å²) in [7, 11) is 0. The molecular formula is C60H54Br2N14O3S2. The molecule has 0 atom stereocenters. The fraction of sp³-hybridized carbons (Fsp3) is 0.250. The molecule has 0 radical (unpaired) electrons. The average Bonchev–Trinajstić information content (AvgIpc) is 4.45. The Kier molecular flexibility index (Phi) is 26.9. The lowest BCUT2D eigenvalue weighted by molar-refractivity contribution is 0.100. The summed E-state index contributed by atoms with van der Waals surface area (Å²) in [4.78, 5) is 55.1.